The molecule has 0 aliphatic carbocycles. The molecule has 0 aliphatic heterocycles. The monoisotopic (exact) mass is 259 g/mol. The summed E-state index contributed by atoms with van der Waals surface area (Å²) in [6.07, 6.45) is 0. The molecule has 0 fully saturated rings. The fraction of sp³-hybridized carbons (Fsp3) is 0.0833. The van der Waals surface area contributed by atoms with Crippen molar-refractivity contribution < 1.29 is 9.90 Å². The molecule has 0 amide bonds. The summed E-state index contributed by atoms with van der Waals surface area (Å²) in [6, 6.07) is 11.1. The molecule has 0 saturated heterocycles. The van der Waals surface area contributed by atoms with Gasteiger partial charge in [-0.15, -0.1) is 16.4 Å². The largest absolute Gasteiger partial charge is 0.477 e. The molecule has 1 aromatic carbocycles. The van der Waals surface area contributed by atoms with Gasteiger partial charge in [0, 0.05) is 4.88 Å². The minimum atomic E-state index is -0.894. The molecule has 0 aliphatic rings. The van der Waals surface area contributed by atoms with Crippen molar-refractivity contribution in [1.29, 1.82) is 0 Å². The summed E-state index contributed by atoms with van der Waals surface area (Å²) in [5.74, 6) is -0.894. The number of benzene rings is 1. The number of nitrogens with zero attached hydrogens (tertiary/aromatic N) is 3. The van der Waals surface area contributed by atoms with Crippen molar-refractivity contribution >= 4 is 28.3 Å². The number of hydrogen-bond donors (Lipinski definition) is 1. The van der Waals surface area contributed by atoms with Gasteiger partial charge < -0.3 is 5.11 Å². The van der Waals surface area contributed by atoms with Crippen LogP contribution in [0.25, 0.3) is 11.0 Å². The first-order valence-electron chi connectivity index (χ1n) is 5.34. The van der Waals surface area contributed by atoms with E-state index in [2.05, 4.69) is 10.3 Å². The normalized spacial score (nSPS) is 10.9. The third-order valence-corrected chi connectivity index (χ3v) is 3.66. The molecule has 0 atom stereocenters. The highest BCUT2D eigenvalue weighted by molar-refractivity contribution is 7.13. The number of aromatic carboxylic acids is 1. The topological polar surface area (TPSA) is 68.0 Å². The quantitative estimate of drug-likeness (QED) is 0.783. The van der Waals surface area contributed by atoms with Crippen LogP contribution in [0, 0.1) is 0 Å². The summed E-state index contributed by atoms with van der Waals surface area (Å²) in [5, 5.41) is 17.0. The van der Waals surface area contributed by atoms with Gasteiger partial charge in [0.05, 0.1) is 12.1 Å². The molecular formula is C12H9N3O2S. The van der Waals surface area contributed by atoms with E-state index in [0.29, 0.717) is 11.4 Å². The van der Waals surface area contributed by atoms with Crippen molar-refractivity contribution in [3.63, 3.8) is 0 Å². The van der Waals surface area contributed by atoms with Gasteiger partial charge in [0.1, 0.15) is 10.4 Å². The van der Waals surface area contributed by atoms with E-state index in [1.54, 1.807) is 10.7 Å². The molecule has 3 rings (SSSR count). The molecule has 2 aromatic heterocycles. The van der Waals surface area contributed by atoms with E-state index in [1.165, 1.54) is 11.3 Å². The molecule has 3 aromatic rings. The van der Waals surface area contributed by atoms with Crippen LogP contribution in [-0.4, -0.2) is 26.1 Å². The Labute approximate surface area is 106 Å². The summed E-state index contributed by atoms with van der Waals surface area (Å²) in [4.78, 5) is 12.1. The fourth-order valence-corrected chi connectivity index (χ4v) is 2.59. The first-order valence-corrected chi connectivity index (χ1v) is 6.16. The van der Waals surface area contributed by atoms with Gasteiger partial charge >= 0.3 is 5.97 Å². The highest BCUT2D eigenvalue weighted by Crippen LogP contribution is 2.19. The Kier molecular flexibility index (Phi) is 2.56. The fourth-order valence-electron chi connectivity index (χ4n) is 1.76. The Hall–Kier alpha value is -2.21. The summed E-state index contributed by atoms with van der Waals surface area (Å²) >= 11 is 1.26. The van der Waals surface area contributed by atoms with Gasteiger partial charge in [0.15, 0.2) is 0 Å². The van der Waals surface area contributed by atoms with Crippen molar-refractivity contribution in [1.82, 2.24) is 15.0 Å². The lowest BCUT2D eigenvalue weighted by Gasteiger charge is -1.98. The Bertz CT molecular complexity index is 717. The van der Waals surface area contributed by atoms with Crippen molar-refractivity contribution in [2.75, 3.05) is 0 Å². The number of thiophene rings is 1. The van der Waals surface area contributed by atoms with Crippen molar-refractivity contribution in [3.05, 3.63) is 46.2 Å². The number of para-hydroxylation sites is 1. The number of hydrogen-bond acceptors (Lipinski definition) is 4. The second-order valence-corrected chi connectivity index (χ2v) is 4.98. The Morgan fingerprint density at radius 3 is 2.89 bits per heavy atom. The Balaban J connectivity index is 1.93. The van der Waals surface area contributed by atoms with E-state index >= 15 is 0 Å². The smallest absolute Gasteiger partial charge is 0.345 e. The molecule has 1 N–H and O–H groups in total. The molecule has 0 spiro atoms. The number of carboxylic acid groups (broad SMARTS) is 1. The molecule has 0 bridgehead atoms. The SMILES string of the molecule is O=C(O)c1ccc(Cn2nnc3ccccc32)s1. The number of aromatic nitrogens is 3. The lowest BCUT2D eigenvalue weighted by Crippen LogP contribution is -1.99. The van der Waals surface area contributed by atoms with Crippen LogP contribution in [0.1, 0.15) is 14.5 Å². The molecule has 0 unspecified atom stereocenters. The van der Waals surface area contributed by atoms with Crippen LogP contribution < -0.4 is 0 Å². The maximum atomic E-state index is 10.8. The van der Waals surface area contributed by atoms with Crippen molar-refractivity contribution in [3.8, 4) is 0 Å². The zero-order chi connectivity index (χ0) is 12.5. The van der Waals surface area contributed by atoms with E-state index in [9.17, 15) is 4.79 Å². The predicted molar refractivity (Wildman–Crippen MR) is 67.9 cm³/mol. The summed E-state index contributed by atoms with van der Waals surface area (Å²) in [7, 11) is 0. The average Bonchev–Trinajstić information content (AvgIpc) is 2.98. The second-order valence-electron chi connectivity index (χ2n) is 3.81. The van der Waals surface area contributed by atoms with E-state index in [-0.39, 0.29) is 0 Å². The highest BCUT2D eigenvalue weighted by atomic mass is 32.1. The molecule has 0 radical (unpaired) electrons. The van der Waals surface area contributed by atoms with Crippen LogP contribution in [0.3, 0.4) is 0 Å². The van der Waals surface area contributed by atoms with Crippen molar-refractivity contribution in [2.45, 2.75) is 6.54 Å². The third-order valence-electron chi connectivity index (χ3n) is 2.60. The molecule has 5 nitrogen and oxygen atoms in total. The van der Waals surface area contributed by atoms with Gasteiger partial charge in [-0.25, -0.2) is 9.48 Å². The molecule has 6 heteroatoms. The summed E-state index contributed by atoms with van der Waals surface area (Å²) in [6.45, 7) is 0.540. The summed E-state index contributed by atoms with van der Waals surface area (Å²) in [5.41, 5.74) is 1.79. The molecule has 18 heavy (non-hydrogen) atoms. The number of carbonyl (C=O) groups is 1. The minimum Gasteiger partial charge on any atom is -0.477 e. The Morgan fingerprint density at radius 1 is 1.28 bits per heavy atom. The summed E-state index contributed by atoms with van der Waals surface area (Å²) < 4.78 is 1.77. The van der Waals surface area contributed by atoms with Crippen LogP contribution in [0.15, 0.2) is 36.4 Å². The van der Waals surface area contributed by atoms with Gasteiger partial charge in [-0.3, -0.25) is 0 Å². The number of fused-ring (bicyclic) bond motifs is 1. The van der Waals surface area contributed by atoms with E-state index in [1.807, 2.05) is 30.3 Å². The van der Waals surface area contributed by atoms with E-state index < -0.39 is 5.97 Å². The zero-order valence-corrected chi connectivity index (χ0v) is 10.1. The Morgan fingerprint density at radius 2 is 2.11 bits per heavy atom. The van der Waals surface area contributed by atoms with Crippen LogP contribution in [0.5, 0.6) is 0 Å². The molecule has 0 saturated carbocycles. The first kappa shape index (κ1) is 10.9. The maximum Gasteiger partial charge on any atom is 0.345 e. The maximum absolute atomic E-state index is 10.8. The van der Waals surface area contributed by atoms with Crippen LogP contribution in [0.2, 0.25) is 0 Å². The second kappa shape index (κ2) is 4.23. The van der Waals surface area contributed by atoms with E-state index in [4.69, 9.17) is 5.11 Å². The highest BCUT2D eigenvalue weighted by Gasteiger charge is 2.09. The third kappa shape index (κ3) is 1.86. The average molecular weight is 259 g/mol. The van der Waals surface area contributed by atoms with Gasteiger partial charge in [-0.2, -0.15) is 0 Å². The first-order chi connectivity index (χ1) is 8.74. The molecular weight excluding hydrogens is 250 g/mol. The van der Waals surface area contributed by atoms with E-state index in [0.717, 1.165) is 15.9 Å². The number of carboxylic acids is 1. The zero-order valence-electron chi connectivity index (χ0n) is 9.28. The number of rotatable bonds is 3. The van der Waals surface area contributed by atoms with Gasteiger partial charge in [0.2, 0.25) is 0 Å². The van der Waals surface area contributed by atoms with Crippen LogP contribution in [-0.2, 0) is 6.54 Å². The molecule has 2 heterocycles. The van der Waals surface area contributed by atoms with Gasteiger partial charge in [0.25, 0.3) is 0 Å². The minimum absolute atomic E-state index is 0.342. The predicted octanol–water partition coefficient (Wildman–Crippen LogP) is 2.24. The lowest BCUT2D eigenvalue weighted by molar-refractivity contribution is 0.0702. The standard InChI is InChI=1S/C12H9N3O2S/c16-12(17)11-6-5-8(18-11)7-15-10-4-2-1-3-9(10)13-14-15/h1-6H,7H2,(H,16,17). The van der Waals surface area contributed by atoms with Crippen LogP contribution >= 0.6 is 11.3 Å². The molecule has 90 valence electrons. The van der Waals surface area contributed by atoms with Gasteiger partial charge in [-0.05, 0) is 24.3 Å². The lowest BCUT2D eigenvalue weighted by atomic mass is 10.3. The van der Waals surface area contributed by atoms with Crippen LogP contribution in [0.4, 0.5) is 0 Å². The van der Waals surface area contributed by atoms with Crippen molar-refractivity contribution in [2.24, 2.45) is 0 Å². The van der Waals surface area contributed by atoms with Gasteiger partial charge in [-0.1, -0.05) is 17.3 Å².